The molecule has 2 rings (SSSR count). The quantitative estimate of drug-likeness (QED) is 0.920. The minimum absolute atomic E-state index is 0.103. The van der Waals surface area contributed by atoms with Gasteiger partial charge in [0.25, 0.3) is 5.91 Å². The molecule has 1 saturated heterocycles. The van der Waals surface area contributed by atoms with E-state index in [2.05, 4.69) is 4.98 Å². The van der Waals surface area contributed by atoms with Crippen molar-refractivity contribution in [2.24, 2.45) is 0 Å². The Morgan fingerprint density at radius 3 is 2.81 bits per heavy atom. The summed E-state index contributed by atoms with van der Waals surface area (Å²) < 4.78 is 5.28. The molecule has 0 bridgehead atoms. The Kier molecular flexibility index (Phi) is 4.63. The molecule has 1 amide bonds. The molecule has 1 aromatic heterocycles. The maximum absolute atomic E-state index is 12.6. The van der Waals surface area contributed by atoms with Crippen molar-refractivity contribution >= 4 is 23.2 Å². The highest BCUT2D eigenvalue weighted by atomic mass is 32.1. The van der Waals surface area contributed by atoms with Crippen LogP contribution in [0.15, 0.2) is 5.38 Å². The van der Waals surface area contributed by atoms with Crippen LogP contribution in [0.4, 0.5) is 0 Å². The molecular weight excluding hydrogens is 292 g/mol. The summed E-state index contributed by atoms with van der Waals surface area (Å²) in [6.45, 7) is 7.22. The van der Waals surface area contributed by atoms with Gasteiger partial charge in [0.2, 0.25) is 0 Å². The molecule has 0 radical (unpaired) electrons. The van der Waals surface area contributed by atoms with Gasteiger partial charge in [-0.25, -0.2) is 4.98 Å². The molecule has 1 aromatic rings. The van der Waals surface area contributed by atoms with Crippen LogP contribution in [-0.4, -0.2) is 52.7 Å². The molecule has 1 aliphatic heterocycles. The third kappa shape index (κ3) is 3.79. The molecular formula is C14H20N2O4S. The number of carbonyl (C=O) groups is 2. The fraction of sp³-hybridized carbons (Fsp3) is 0.643. The molecule has 1 N–H and O–H groups in total. The van der Waals surface area contributed by atoms with Crippen LogP contribution in [0.1, 0.15) is 42.7 Å². The van der Waals surface area contributed by atoms with E-state index in [-0.39, 0.29) is 24.3 Å². The first kappa shape index (κ1) is 15.9. The number of rotatable bonds is 3. The lowest BCUT2D eigenvalue weighted by Gasteiger charge is -2.34. The topological polar surface area (TPSA) is 79.7 Å². The predicted octanol–water partition coefficient (Wildman–Crippen LogP) is 1.76. The molecule has 0 aliphatic carbocycles. The maximum Gasteiger partial charge on any atom is 0.305 e. The van der Waals surface area contributed by atoms with Gasteiger partial charge in [-0.3, -0.25) is 9.59 Å². The molecule has 116 valence electrons. The maximum atomic E-state index is 12.6. The molecule has 2 heterocycles. The van der Waals surface area contributed by atoms with Crippen molar-refractivity contribution in [3.63, 3.8) is 0 Å². The number of ether oxygens (including phenoxy) is 1. The summed E-state index contributed by atoms with van der Waals surface area (Å²) in [6.07, 6.45) is -0.109. The van der Waals surface area contributed by atoms with E-state index in [1.54, 1.807) is 10.3 Å². The monoisotopic (exact) mass is 312 g/mol. The Balaban J connectivity index is 2.17. The summed E-state index contributed by atoms with van der Waals surface area (Å²) in [7, 11) is 0. The SMILES string of the molecule is CC(C)(C)c1nc(C(=O)N2CCOCC2CC(=O)O)cs1. The Morgan fingerprint density at radius 1 is 1.52 bits per heavy atom. The van der Waals surface area contributed by atoms with Gasteiger partial charge in [-0.05, 0) is 0 Å². The van der Waals surface area contributed by atoms with Crippen molar-refractivity contribution in [2.75, 3.05) is 19.8 Å². The van der Waals surface area contributed by atoms with E-state index in [0.29, 0.717) is 18.8 Å². The van der Waals surface area contributed by atoms with Gasteiger partial charge >= 0.3 is 5.97 Å². The summed E-state index contributed by atoms with van der Waals surface area (Å²) in [5.74, 6) is -1.15. The number of carboxylic acids is 1. The Bertz CT molecular complexity index is 535. The minimum Gasteiger partial charge on any atom is -0.481 e. The average molecular weight is 312 g/mol. The van der Waals surface area contributed by atoms with E-state index in [0.717, 1.165) is 5.01 Å². The molecule has 21 heavy (non-hydrogen) atoms. The number of hydrogen-bond donors (Lipinski definition) is 1. The zero-order valence-electron chi connectivity index (χ0n) is 12.5. The van der Waals surface area contributed by atoms with Gasteiger partial charge < -0.3 is 14.7 Å². The molecule has 1 fully saturated rings. The smallest absolute Gasteiger partial charge is 0.305 e. The number of morpholine rings is 1. The van der Waals surface area contributed by atoms with Gasteiger partial charge in [0, 0.05) is 17.3 Å². The number of aliphatic carboxylic acids is 1. The molecule has 6 nitrogen and oxygen atoms in total. The summed E-state index contributed by atoms with van der Waals surface area (Å²) in [6, 6.07) is -0.427. The second-order valence-electron chi connectivity index (χ2n) is 6.11. The second kappa shape index (κ2) is 6.11. The van der Waals surface area contributed by atoms with Crippen molar-refractivity contribution in [3.8, 4) is 0 Å². The van der Waals surface area contributed by atoms with Crippen molar-refractivity contribution in [1.29, 1.82) is 0 Å². The normalized spacial score (nSPS) is 19.6. The molecule has 7 heteroatoms. The van der Waals surface area contributed by atoms with E-state index >= 15 is 0 Å². The Hall–Kier alpha value is -1.47. The van der Waals surface area contributed by atoms with E-state index in [9.17, 15) is 9.59 Å². The molecule has 0 aromatic carbocycles. The molecule has 1 unspecified atom stereocenters. The van der Waals surface area contributed by atoms with Gasteiger partial charge in [0.05, 0.1) is 30.7 Å². The van der Waals surface area contributed by atoms with Crippen LogP contribution >= 0.6 is 11.3 Å². The highest BCUT2D eigenvalue weighted by Crippen LogP contribution is 2.26. The zero-order valence-corrected chi connectivity index (χ0v) is 13.3. The van der Waals surface area contributed by atoms with Gasteiger partial charge in [-0.2, -0.15) is 0 Å². The fourth-order valence-electron chi connectivity index (χ4n) is 2.16. The summed E-state index contributed by atoms with van der Waals surface area (Å²) in [5.41, 5.74) is 0.288. The van der Waals surface area contributed by atoms with Gasteiger partial charge in [-0.1, -0.05) is 20.8 Å². The third-order valence-electron chi connectivity index (χ3n) is 3.26. The van der Waals surface area contributed by atoms with E-state index in [1.807, 2.05) is 20.8 Å². The van der Waals surface area contributed by atoms with Crippen LogP contribution in [-0.2, 0) is 14.9 Å². The lowest BCUT2D eigenvalue weighted by atomic mass is 9.98. The first-order chi connectivity index (χ1) is 9.79. The Labute approximate surface area is 127 Å². The summed E-state index contributed by atoms with van der Waals surface area (Å²) in [4.78, 5) is 29.4. The minimum atomic E-state index is -0.933. The van der Waals surface area contributed by atoms with E-state index in [4.69, 9.17) is 9.84 Å². The predicted molar refractivity (Wildman–Crippen MR) is 78.7 cm³/mol. The van der Waals surface area contributed by atoms with Crippen molar-refractivity contribution < 1.29 is 19.4 Å². The second-order valence-corrected chi connectivity index (χ2v) is 6.97. The molecule has 1 atom stereocenters. The van der Waals surface area contributed by atoms with Crippen LogP contribution < -0.4 is 0 Å². The number of aromatic nitrogens is 1. The van der Waals surface area contributed by atoms with Crippen LogP contribution in [0.2, 0.25) is 0 Å². The number of carboxylic acid groups (broad SMARTS) is 1. The van der Waals surface area contributed by atoms with Crippen molar-refractivity contribution in [1.82, 2.24) is 9.88 Å². The van der Waals surface area contributed by atoms with Crippen LogP contribution in [0.5, 0.6) is 0 Å². The fourth-order valence-corrected chi connectivity index (χ4v) is 3.04. The lowest BCUT2D eigenvalue weighted by molar-refractivity contribution is -0.139. The number of hydrogen-bond acceptors (Lipinski definition) is 5. The molecule has 0 saturated carbocycles. The lowest BCUT2D eigenvalue weighted by Crippen LogP contribution is -2.49. The Morgan fingerprint density at radius 2 is 2.24 bits per heavy atom. The van der Waals surface area contributed by atoms with Crippen molar-refractivity contribution in [3.05, 3.63) is 16.1 Å². The third-order valence-corrected chi connectivity index (χ3v) is 4.53. The van der Waals surface area contributed by atoms with Gasteiger partial charge in [0.15, 0.2) is 0 Å². The van der Waals surface area contributed by atoms with Gasteiger partial charge in [-0.15, -0.1) is 11.3 Å². The summed E-state index contributed by atoms with van der Waals surface area (Å²) in [5, 5.41) is 11.6. The van der Waals surface area contributed by atoms with E-state index in [1.165, 1.54) is 11.3 Å². The number of amides is 1. The van der Waals surface area contributed by atoms with Gasteiger partial charge in [0.1, 0.15) is 5.69 Å². The first-order valence-electron chi connectivity index (χ1n) is 6.85. The largest absolute Gasteiger partial charge is 0.481 e. The average Bonchev–Trinajstić information content (AvgIpc) is 2.87. The molecule has 0 spiro atoms. The summed E-state index contributed by atoms with van der Waals surface area (Å²) >= 11 is 1.46. The first-order valence-corrected chi connectivity index (χ1v) is 7.73. The standard InChI is InChI=1S/C14H20N2O4S/c1-14(2,3)13-15-10(8-21-13)12(19)16-4-5-20-7-9(16)6-11(17)18/h8-9H,4-7H2,1-3H3,(H,17,18). The van der Waals surface area contributed by atoms with Crippen LogP contribution in [0.3, 0.4) is 0 Å². The number of carbonyl (C=O) groups excluding carboxylic acids is 1. The highest BCUT2D eigenvalue weighted by Gasteiger charge is 2.31. The van der Waals surface area contributed by atoms with Crippen molar-refractivity contribution in [2.45, 2.75) is 38.6 Å². The van der Waals surface area contributed by atoms with Crippen LogP contribution in [0.25, 0.3) is 0 Å². The number of nitrogens with zero attached hydrogens (tertiary/aromatic N) is 2. The van der Waals surface area contributed by atoms with Crippen LogP contribution in [0, 0.1) is 0 Å². The molecule has 1 aliphatic rings. The zero-order chi connectivity index (χ0) is 15.6. The number of thiazole rings is 1. The highest BCUT2D eigenvalue weighted by molar-refractivity contribution is 7.10. The van der Waals surface area contributed by atoms with E-state index < -0.39 is 12.0 Å².